The van der Waals surface area contributed by atoms with Gasteiger partial charge in [0.25, 0.3) is 0 Å². The Kier molecular flexibility index (Phi) is 6.03. The number of carbonyl (C=O) groups excluding carboxylic acids is 1. The number of carbonyl (C=O) groups is 1. The summed E-state index contributed by atoms with van der Waals surface area (Å²) >= 11 is 1.47. The minimum Gasteiger partial charge on any atom is -0.494 e. The molecule has 1 heterocycles. The van der Waals surface area contributed by atoms with E-state index in [4.69, 9.17) is 9.47 Å². The molecule has 0 spiro atoms. The molecule has 0 aliphatic rings. The van der Waals surface area contributed by atoms with Crippen LogP contribution in [0.1, 0.15) is 12.6 Å². The fourth-order valence-electron chi connectivity index (χ4n) is 2.51. The average molecular weight is 386 g/mol. The number of amides is 1. The molecule has 1 amide bonds. The lowest BCUT2D eigenvalue weighted by molar-refractivity contribution is -0.115. The molecule has 27 heavy (non-hydrogen) atoms. The zero-order chi connectivity index (χ0) is 19.2. The number of benzene rings is 2. The summed E-state index contributed by atoms with van der Waals surface area (Å²) < 4.78 is 23.8. The van der Waals surface area contributed by atoms with Gasteiger partial charge in [-0.2, -0.15) is 0 Å². The molecule has 0 bridgehead atoms. The average Bonchev–Trinajstić information content (AvgIpc) is 3.12. The molecule has 1 N–H and O–H groups in total. The normalized spacial score (nSPS) is 10.5. The number of halogens is 1. The molecule has 0 radical (unpaired) electrons. The zero-order valence-electron chi connectivity index (χ0n) is 15.0. The molecular weight excluding hydrogens is 367 g/mol. The van der Waals surface area contributed by atoms with Crippen molar-refractivity contribution in [3.05, 3.63) is 59.4 Å². The van der Waals surface area contributed by atoms with Gasteiger partial charge < -0.3 is 14.8 Å². The maximum absolute atomic E-state index is 13.2. The van der Waals surface area contributed by atoms with Crippen LogP contribution in [-0.4, -0.2) is 24.6 Å². The second-order valence-corrected chi connectivity index (χ2v) is 6.53. The number of nitrogens with zero attached hydrogens (tertiary/aromatic N) is 1. The Bertz CT molecular complexity index is 925. The number of hydrogen-bond acceptors (Lipinski definition) is 5. The van der Waals surface area contributed by atoms with Gasteiger partial charge >= 0.3 is 0 Å². The van der Waals surface area contributed by atoms with Gasteiger partial charge in [0, 0.05) is 17.0 Å². The number of anilines is 1. The molecule has 5 nitrogen and oxygen atoms in total. The maximum Gasteiger partial charge on any atom is 0.230 e. The van der Waals surface area contributed by atoms with Gasteiger partial charge in [-0.3, -0.25) is 4.79 Å². The molecule has 0 atom stereocenters. The van der Waals surface area contributed by atoms with Gasteiger partial charge in [0.05, 0.1) is 31.5 Å². The molecule has 0 aliphatic carbocycles. The fourth-order valence-corrected chi connectivity index (χ4v) is 3.33. The second kappa shape index (κ2) is 8.64. The van der Waals surface area contributed by atoms with E-state index < -0.39 is 5.82 Å². The van der Waals surface area contributed by atoms with Crippen LogP contribution in [0.3, 0.4) is 0 Å². The first-order valence-electron chi connectivity index (χ1n) is 8.40. The van der Waals surface area contributed by atoms with Crippen molar-refractivity contribution < 1.29 is 18.7 Å². The Labute approximate surface area is 160 Å². The van der Waals surface area contributed by atoms with E-state index in [1.54, 1.807) is 0 Å². The number of aromatic nitrogens is 1. The van der Waals surface area contributed by atoms with Crippen LogP contribution in [0.2, 0.25) is 0 Å². The molecule has 0 unspecified atom stereocenters. The van der Waals surface area contributed by atoms with Crippen molar-refractivity contribution in [1.29, 1.82) is 0 Å². The molecule has 2 aromatic carbocycles. The summed E-state index contributed by atoms with van der Waals surface area (Å²) in [6, 6.07) is 11.6. The van der Waals surface area contributed by atoms with Crippen molar-refractivity contribution in [2.24, 2.45) is 0 Å². The molecule has 7 heteroatoms. The third-order valence-electron chi connectivity index (χ3n) is 3.74. The summed E-state index contributed by atoms with van der Waals surface area (Å²) in [5, 5.41) is 5.41. The summed E-state index contributed by atoms with van der Waals surface area (Å²) in [6.45, 7) is 2.56. The molecule has 3 rings (SSSR count). The van der Waals surface area contributed by atoms with Crippen molar-refractivity contribution in [3.63, 3.8) is 0 Å². The quantitative estimate of drug-likeness (QED) is 0.648. The van der Waals surface area contributed by atoms with Gasteiger partial charge in [-0.05, 0) is 43.3 Å². The lowest BCUT2D eigenvalue weighted by atomic mass is 10.2. The van der Waals surface area contributed by atoms with Crippen LogP contribution < -0.4 is 14.8 Å². The van der Waals surface area contributed by atoms with Crippen LogP contribution in [-0.2, 0) is 11.2 Å². The molecule has 140 valence electrons. The lowest BCUT2D eigenvalue weighted by Crippen LogP contribution is -2.15. The zero-order valence-corrected chi connectivity index (χ0v) is 15.8. The predicted octanol–water partition coefficient (Wildman–Crippen LogP) is 4.54. The molecular formula is C20H19FN2O3S. The molecule has 0 saturated heterocycles. The van der Waals surface area contributed by atoms with Crippen LogP contribution in [0.4, 0.5) is 10.1 Å². The third-order valence-corrected chi connectivity index (χ3v) is 4.68. The molecule has 3 aromatic rings. The highest BCUT2D eigenvalue weighted by molar-refractivity contribution is 7.13. The topological polar surface area (TPSA) is 60.5 Å². The number of thiazole rings is 1. The van der Waals surface area contributed by atoms with Crippen molar-refractivity contribution in [1.82, 2.24) is 4.98 Å². The van der Waals surface area contributed by atoms with Crippen LogP contribution in [0, 0.1) is 5.82 Å². The summed E-state index contributed by atoms with van der Waals surface area (Å²) in [5.74, 6) is 0.412. The van der Waals surface area contributed by atoms with Gasteiger partial charge in [-0.15, -0.1) is 11.3 Å². The number of ether oxygens (including phenoxy) is 2. The summed E-state index contributed by atoms with van der Waals surface area (Å²) in [5.41, 5.74) is 2.06. The van der Waals surface area contributed by atoms with Gasteiger partial charge in [0.2, 0.25) is 5.91 Å². The minimum absolute atomic E-state index is 0.119. The predicted molar refractivity (Wildman–Crippen MR) is 104 cm³/mol. The Hall–Kier alpha value is -2.93. The van der Waals surface area contributed by atoms with Crippen molar-refractivity contribution in [2.75, 3.05) is 19.0 Å². The van der Waals surface area contributed by atoms with E-state index in [2.05, 4.69) is 10.3 Å². The fraction of sp³-hybridized carbons (Fsp3) is 0.200. The standard InChI is InChI=1S/C20H19FN2O3S/c1-3-26-16-7-4-13(5-8-16)20-22-15(12-27-20)11-19(24)23-17-9-6-14(21)10-18(17)25-2/h4-10,12H,3,11H2,1-2H3,(H,23,24). The first kappa shape index (κ1) is 18.8. The van der Waals surface area contributed by atoms with E-state index in [-0.39, 0.29) is 18.1 Å². The Morgan fingerprint density at radius 1 is 1.22 bits per heavy atom. The summed E-state index contributed by atoms with van der Waals surface area (Å²) in [7, 11) is 1.42. The van der Waals surface area contributed by atoms with E-state index in [0.29, 0.717) is 18.0 Å². The van der Waals surface area contributed by atoms with Crippen LogP contribution in [0.5, 0.6) is 11.5 Å². The first-order chi connectivity index (χ1) is 13.1. The van der Waals surface area contributed by atoms with E-state index in [1.165, 1.54) is 36.6 Å². The van der Waals surface area contributed by atoms with Crippen LogP contribution >= 0.6 is 11.3 Å². The number of hydrogen-bond donors (Lipinski definition) is 1. The monoisotopic (exact) mass is 386 g/mol. The number of nitrogens with one attached hydrogen (secondary N) is 1. The second-order valence-electron chi connectivity index (χ2n) is 5.67. The summed E-state index contributed by atoms with van der Waals surface area (Å²) in [6.07, 6.45) is 0.119. The van der Waals surface area contributed by atoms with Crippen molar-refractivity contribution >= 4 is 22.9 Å². The Morgan fingerprint density at radius 2 is 2.00 bits per heavy atom. The molecule has 0 saturated carbocycles. The smallest absolute Gasteiger partial charge is 0.230 e. The first-order valence-corrected chi connectivity index (χ1v) is 9.28. The van der Waals surface area contributed by atoms with Gasteiger partial charge in [0.1, 0.15) is 22.3 Å². The largest absolute Gasteiger partial charge is 0.494 e. The highest BCUT2D eigenvalue weighted by atomic mass is 32.1. The molecule has 0 fully saturated rings. The van der Waals surface area contributed by atoms with E-state index in [0.717, 1.165) is 16.3 Å². The van der Waals surface area contributed by atoms with Crippen LogP contribution in [0.15, 0.2) is 47.8 Å². The maximum atomic E-state index is 13.2. The van der Waals surface area contributed by atoms with E-state index in [9.17, 15) is 9.18 Å². The van der Waals surface area contributed by atoms with Crippen LogP contribution in [0.25, 0.3) is 10.6 Å². The van der Waals surface area contributed by atoms with Crippen molar-refractivity contribution in [3.8, 4) is 22.1 Å². The molecule has 1 aromatic heterocycles. The van der Waals surface area contributed by atoms with E-state index in [1.807, 2.05) is 36.6 Å². The van der Waals surface area contributed by atoms with Crippen molar-refractivity contribution in [2.45, 2.75) is 13.3 Å². The minimum atomic E-state index is -0.427. The van der Waals surface area contributed by atoms with Gasteiger partial charge in [0.15, 0.2) is 0 Å². The van der Waals surface area contributed by atoms with Gasteiger partial charge in [-0.1, -0.05) is 0 Å². The summed E-state index contributed by atoms with van der Waals surface area (Å²) in [4.78, 5) is 16.8. The third kappa shape index (κ3) is 4.83. The molecule has 0 aliphatic heterocycles. The highest BCUT2D eigenvalue weighted by Crippen LogP contribution is 2.27. The van der Waals surface area contributed by atoms with Gasteiger partial charge in [-0.25, -0.2) is 9.37 Å². The lowest BCUT2D eigenvalue weighted by Gasteiger charge is -2.09. The number of rotatable bonds is 7. The van der Waals surface area contributed by atoms with E-state index >= 15 is 0 Å². The SMILES string of the molecule is CCOc1ccc(-c2nc(CC(=O)Nc3ccc(F)cc3OC)cs2)cc1. The Morgan fingerprint density at radius 3 is 2.70 bits per heavy atom. The highest BCUT2D eigenvalue weighted by Gasteiger charge is 2.12. The number of methoxy groups -OCH3 is 1. The Balaban J connectivity index is 1.66.